The minimum atomic E-state index is -1.24. The Bertz CT molecular complexity index is 1070. The van der Waals surface area contributed by atoms with E-state index in [4.69, 9.17) is 0 Å². The highest BCUT2D eigenvalue weighted by atomic mass is 16.4. The Hall–Kier alpha value is -2.21. The van der Waals surface area contributed by atoms with Crippen molar-refractivity contribution in [2.24, 2.45) is 11.8 Å². The second kappa shape index (κ2) is 7.98. The molecule has 0 radical (unpaired) electrons. The van der Waals surface area contributed by atoms with Gasteiger partial charge in [0.2, 0.25) is 5.69 Å². The summed E-state index contributed by atoms with van der Waals surface area (Å²) in [6.45, 7) is 0. The Labute approximate surface area is 188 Å². The number of para-hydroxylation sites is 2. The number of carbonyl (C=O) groups is 1. The van der Waals surface area contributed by atoms with Gasteiger partial charge in [-0.2, -0.15) is 0 Å². The summed E-state index contributed by atoms with van der Waals surface area (Å²) < 4.78 is 1.78. The van der Waals surface area contributed by atoms with Gasteiger partial charge in [-0.1, -0.05) is 37.8 Å². The van der Waals surface area contributed by atoms with Gasteiger partial charge in [0.05, 0.1) is 11.0 Å². The van der Waals surface area contributed by atoms with E-state index >= 15 is 0 Å². The fourth-order valence-corrected chi connectivity index (χ4v) is 7.79. The largest absolute Gasteiger partial charge is 0.476 e. The molecule has 3 heterocycles. The highest BCUT2D eigenvalue weighted by molar-refractivity contribution is 5.88. The number of carboxylic acid groups (broad SMARTS) is 1. The number of nitrogens with zero attached hydrogens (tertiary/aromatic N) is 3. The molecule has 32 heavy (non-hydrogen) atoms. The fourth-order valence-electron chi connectivity index (χ4n) is 7.79. The van der Waals surface area contributed by atoms with Crippen LogP contribution in [-0.4, -0.2) is 43.7 Å². The molecule has 1 N–H and O–H groups in total. The Kier molecular flexibility index (Phi) is 5.09. The second-order valence-electron chi connectivity index (χ2n) is 10.8. The first kappa shape index (κ1) is 20.4. The van der Waals surface area contributed by atoms with Gasteiger partial charge in [-0.05, 0) is 68.9 Å². The van der Waals surface area contributed by atoms with E-state index in [1.807, 2.05) is 24.3 Å². The number of fused-ring (bicyclic) bond motifs is 5. The van der Waals surface area contributed by atoms with E-state index in [0.717, 1.165) is 30.2 Å². The summed E-state index contributed by atoms with van der Waals surface area (Å²) in [5.74, 6) is 0.590. The molecular weight excluding hydrogens is 402 g/mol. The summed E-state index contributed by atoms with van der Waals surface area (Å²) in [6, 6.07) is 9.25. The normalized spacial score (nSPS) is 35.0. The molecule has 2 aliphatic carbocycles. The predicted molar refractivity (Wildman–Crippen MR) is 123 cm³/mol. The number of piperidine rings is 2. The minimum absolute atomic E-state index is 0.0446. The zero-order chi connectivity index (χ0) is 21.8. The van der Waals surface area contributed by atoms with E-state index in [9.17, 15) is 14.7 Å². The van der Waals surface area contributed by atoms with Gasteiger partial charge in [0.1, 0.15) is 0 Å². The number of aromatic nitrogens is 2. The van der Waals surface area contributed by atoms with Gasteiger partial charge >= 0.3 is 5.97 Å². The molecule has 4 bridgehead atoms. The van der Waals surface area contributed by atoms with Crippen LogP contribution in [0.4, 0.5) is 0 Å². The molecule has 2 aliphatic heterocycles. The maximum Gasteiger partial charge on any atom is 0.360 e. The van der Waals surface area contributed by atoms with Gasteiger partial charge in [0, 0.05) is 24.2 Å². The Morgan fingerprint density at radius 2 is 1.50 bits per heavy atom. The SMILES string of the molecule is O=C(O)c1nc2ccccc2n(C2C[C@H]3CCC[C@@H](C2)N3C2C[C@H]3CCC[C@@H](C2)C3)c1=O. The van der Waals surface area contributed by atoms with Gasteiger partial charge in [0.15, 0.2) is 0 Å². The Morgan fingerprint density at radius 3 is 2.19 bits per heavy atom. The molecule has 170 valence electrons. The van der Waals surface area contributed by atoms with E-state index in [1.54, 1.807) is 4.57 Å². The second-order valence-corrected chi connectivity index (χ2v) is 10.8. The molecule has 4 fully saturated rings. The van der Waals surface area contributed by atoms with Crippen molar-refractivity contribution >= 4 is 17.0 Å². The maximum absolute atomic E-state index is 13.3. The molecule has 6 nitrogen and oxygen atoms in total. The summed E-state index contributed by atoms with van der Waals surface area (Å²) in [7, 11) is 0. The molecule has 6 heteroatoms. The summed E-state index contributed by atoms with van der Waals surface area (Å²) in [4.78, 5) is 32.1. The lowest BCUT2D eigenvalue weighted by Gasteiger charge is -2.55. The number of hydrogen-bond donors (Lipinski definition) is 1. The van der Waals surface area contributed by atoms with Crippen molar-refractivity contribution in [2.75, 3.05) is 0 Å². The lowest BCUT2D eigenvalue weighted by atomic mass is 9.68. The number of hydrogen-bond acceptors (Lipinski definition) is 4. The predicted octanol–water partition coefficient (Wildman–Crippen LogP) is 4.62. The molecule has 2 saturated carbocycles. The molecule has 1 aromatic carbocycles. The highest BCUT2D eigenvalue weighted by Gasteiger charge is 2.45. The standard InChI is InChI=1S/C26H33N3O3/c30-25-24(26(31)32)27-22-9-1-2-10-23(22)29(25)21-14-18-7-4-8-19(15-21)28(18)20-12-16-5-3-6-17(11-16)13-20/h1-2,9-10,16-21H,3-8,11-15H2,(H,31,32)/t16-,17+,18-,19+,20?,21?. The molecule has 2 saturated heterocycles. The molecule has 2 aromatic rings. The summed E-state index contributed by atoms with van der Waals surface area (Å²) in [6.07, 6.45) is 13.9. The first-order chi connectivity index (χ1) is 15.6. The quantitative estimate of drug-likeness (QED) is 0.761. The van der Waals surface area contributed by atoms with Crippen molar-refractivity contribution in [3.05, 3.63) is 40.3 Å². The first-order valence-electron chi connectivity index (χ1n) is 12.6. The van der Waals surface area contributed by atoms with E-state index in [1.165, 1.54) is 57.8 Å². The van der Waals surface area contributed by atoms with Crippen molar-refractivity contribution in [3.8, 4) is 0 Å². The van der Waals surface area contributed by atoms with Crippen LogP contribution in [0.2, 0.25) is 0 Å². The summed E-state index contributed by atoms with van der Waals surface area (Å²) >= 11 is 0. The van der Waals surface area contributed by atoms with Gasteiger partial charge in [-0.15, -0.1) is 0 Å². The minimum Gasteiger partial charge on any atom is -0.476 e. The molecule has 0 spiro atoms. The van der Waals surface area contributed by atoms with E-state index in [-0.39, 0.29) is 11.7 Å². The van der Waals surface area contributed by atoms with Crippen LogP contribution >= 0.6 is 0 Å². The molecule has 6 rings (SSSR count). The van der Waals surface area contributed by atoms with Crippen LogP contribution in [0.15, 0.2) is 29.1 Å². The zero-order valence-corrected chi connectivity index (χ0v) is 18.7. The molecule has 6 atom stereocenters. The Balaban J connectivity index is 1.35. The molecule has 4 aliphatic rings. The van der Waals surface area contributed by atoms with Crippen LogP contribution < -0.4 is 5.56 Å². The lowest BCUT2D eigenvalue weighted by molar-refractivity contribution is -0.0486. The van der Waals surface area contributed by atoms with Crippen molar-refractivity contribution < 1.29 is 9.90 Å². The van der Waals surface area contributed by atoms with Crippen LogP contribution in [-0.2, 0) is 0 Å². The third-order valence-electron chi connectivity index (χ3n) is 8.89. The third kappa shape index (κ3) is 3.38. The maximum atomic E-state index is 13.3. The van der Waals surface area contributed by atoms with Gasteiger partial charge in [-0.25, -0.2) is 9.78 Å². The van der Waals surface area contributed by atoms with Crippen molar-refractivity contribution in [2.45, 2.75) is 94.8 Å². The lowest BCUT2D eigenvalue weighted by Crippen LogP contribution is -2.58. The van der Waals surface area contributed by atoms with Gasteiger partial charge in [0.25, 0.3) is 5.56 Å². The van der Waals surface area contributed by atoms with Crippen molar-refractivity contribution in [1.82, 2.24) is 14.5 Å². The van der Waals surface area contributed by atoms with Crippen LogP contribution in [0.3, 0.4) is 0 Å². The van der Waals surface area contributed by atoms with Crippen LogP contribution in [0.25, 0.3) is 11.0 Å². The van der Waals surface area contributed by atoms with Crippen molar-refractivity contribution in [3.63, 3.8) is 0 Å². The molecule has 0 amide bonds. The first-order valence-corrected chi connectivity index (χ1v) is 12.6. The summed E-state index contributed by atoms with van der Waals surface area (Å²) in [5, 5.41) is 9.62. The Morgan fingerprint density at radius 1 is 0.844 bits per heavy atom. The van der Waals surface area contributed by atoms with Crippen molar-refractivity contribution in [1.29, 1.82) is 0 Å². The number of rotatable bonds is 3. The van der Waals surface area contributed by atoms with Crippen LogP contribution in [0, 0.1) is 11.8 Å². The van der Waals surface area contributed by atoms with E-state index < -0.39 is 11.5 Å². The average Bonchev–Trinajstić information content (AvgIpc) is 2.77. The third-order valence-corrected chi connectivity index (χ3v) is 8.89. The highest BCUT2D eigenvalue weighted by Crippen LogP contribution is 2.47. The van der Waals surface area contributed by atoms with Gasteiger partial charge < -0.3 is 9.67 Å². The van der Waals surface area contributed by atoms with E-state index in [2.05, 4.69) is 9.88 Å². The van der Waals surface area contributed by atoms with Crippen LogP contribution in [0.1, 0.15) is 87.2 Å². The topological polar surface area (TPSA) is 75.4 Å². The zero-order valence-electron chi connectivity index (χ0n) is 18.7. The number of carboxylic acids is 1. The monoisotopic (exact) mass is 435 g/mol. The smallest absolute Gasteiger partial charge is 0.360 e. The summed E-state index contributed by atoms with van der Waals surface area (Å²) in [5.41, 5.74) is 0.569. The number of benzene rings is 1. The fraction of sp³-hybridized carbons (Fsp3) is 0.654. The average molecular weight is 436 g/mol. The van der Waals surface area contributed by atoms with Crippen LogP contribution in [0.5, 0.6) is 0 Å². The molecular formula is C26H33N3O3. The van der Waals surface area contributed by atoms with E-state index in [0.29, 0.717) is 23.6 Å². The van der Waals surface area contributed by atoms with Gasteiger partial charge in [-0.3, -0.25) is 9.69 Å². The molecule has 2 unspecified atom stereocenters. The molecule has 1 aromatic heterocycles. The number of aromatic carboxylic acids is 1.